The Morgan fingerprint density at radius 1 is 1.41 bits per heavy atom. The number of carbonyl (C=O) groups excluding carboxylic acids is 1. The van der Waals surface area contributed by atoms with Crippen molar-refractivity contribution in [2.45, 2.75) is 13.0 Å². The van der Waals surface area contributed by atoms with Crippen LogP contribution < -0.4 is 10.7 Å². The Bertz CT molecular complexity index is 956. The minimum Gasteiger partial charge on any atom is -0.545 e. The van der Waals surface area contributed by atoms with Crippen molar-refractivity contribution in [3.63, 3.8) is 0 Å². The molecule has 0 aliphatic carbocycles. The van der Waals surface area contributed by atoms with Gasteiger partial charge in [-0.05, 0) is 29.9 Å². The summed E-state index contributed by atoms with van der Waals surface area (Å²) in [5.41, 5.74) is 1.01. The normalized spacial score (nSPS) is 10.9. The van der Waals surface area contributed by atoms with Crippen LogP contribution in [-0.2, 0) is 13.0 Å². The smallest absolute Gasteiger partial charge is 0.262 e. The Balaban J connectivity index is 2.05. The van der Waals surface area contributed by atoms with Crippen molar-refractivity contribution in [3.05, 3.63) is 57.1 Å². The Morgan fingerprint density at radius 2 is 2.23 bits per heavy atom. The number of aryl methyl sites for hydroxylation is 1. The molecule has 0 amide bonds. The Hall–Kier alpha value is -2.74. The third kappa shape index (κ3) is 2.56. The lowest BCUT2D eigenvalue weighted by atomic mass is 10.1. The largest absolute Gasteiger partial charge is 0.545 e. The molecule has 22 heavy (non-hydrogen) atoms. The second-order valence-corrected chi connectivity index (χ2v) is 5.15. The molecule has 7 nitrogen and oxygen atoms in total. The first-order chi connectivity index (χ1) is 10.6. The first-order valence-corrected chi connectivity index (χ1v) is 6.92. The van der Waals surface area contributed by atoms with E-state index < -0.39 is 5.97 Å². The molecule has 2 heterocycles. The monoisotopic (exact) mass is 315 g/mol. The summed E-state index contributed by atoms with van der Waals surface area (Å²) in [7, 11) is 0. The number of rotatable bonds is 4. The van der Waals surface area contributed by atoms with Crippen molar-refractivity contribution in [2.24, 2.45) is 0 Å². The lowest BCUT2D eigenvalue weighted by molar-refractivity contribution is -0.255. The summed E-state index contributed by atoms with van der Waals surface area (Å²) in [6, 6.07) is 4.15. The number of imidazole rings is 1. The van der Waals surface area contributed by atoms with Crippen molar-refractivity contribution >= 4 is 29.1 Å². The average Bonchev–Trinajstić information content (AvgIpc) is 2.99. The number of H-pyrrole nitrogens is 2. The minimum atomic E-state index is -1.30. The van der Waals surface area contributed by atoms with Gasteiger partial charge in [-0.3, -0.25) is 9.36 Å². The van der Waals surface area contributed by atoms with Gasteiger partial charge in [0.1, 0.15) is 0 Å². The number of nitrogens with zero attached hydrogens (tertiary/aromatic N) is 2. The first kappa shape index (κ1) is 14.2. The zero-order valence-electron chi connectivity index (χ0n) is 11.3. The summed E-state index contributed by atoms with van der Waals surface area (Å²) in [6.45, 7) is 0.397. The molecule has 0 fully saturated rings. The number of carboxylic acid groups (broad SMARTS) is 1. The SMILES string of the molecule is O=C([O-])c1ccc2c(=O)n(CCc3cnc[nH]3)c(=S)[nH]c2c1. The van der Waals surface area contributed by atoms with E-state index in [9.17, 15) is 14.7 Å². The van der Waals surface area contributed by atoms with Crippen LogP contribution in [0, 0.1) is 4.77 Å². The van der Waals surface area contributed by atoms with Gasteiger partial charge in [0.2, 0.25) is 0 Å². The van der Waals surface area contributed by atoms with Crippen LogP contribution in [0.25, 0.3) is 10.9 Å². The molecule has 8 heteroatoms. The standard InChI is InChI=1S/C14H12N4O3S/c19-12-10-2-1-8(13(20)21)5-11(10)17-14(22)18(12)4-3-9-6-15-7-16-9/h1-2,5-7H,3-4H2,(H,15,16)(H,17,22)(H,20,21)/p-1. The minimum absolute atomic E-state index is 0.00670. The fourth-order valence-corrected chi connectivity index (χ4v) is 2.52. The maximum absolute atomic E-state index is 12.5. The Kier molecular flexibility index (Phi) is 3.60. The summed E-state index contributed by atoms with van der Waals surface area (Å²) in [5.74, 6) is -1.30. The highest BCUT2D eigenvalue weighted by atomic mass is 32.1. The number of carbonyl (C=O) groups is 1. The molecule has 0 spiro atoms. The van der Waals surface area contributed by atoms with Gasteiger partial charge in [-0.2, -0.15) is 0 Å². The van der Waals surface area contributed by atoms with Gasteiger partial charge in [0.15, 0.2) is 4.77 Å². The van der Waals surface area contributed by atoms with Crippen molar-refractivity contribution in [1.29, 1.82) is 0 Å². The maximum atomic E-state index is 12.5. The molecule has 1 aromatic carbocycles. The summed E-state index contributed by atoms with van der Waals surface area (Å²) in [5, 5.41) is 11.2. The van der Waals surface area contributed by atoms with Crippen molar-refractivity contribution < 1.29 is 9.90 Å². The van der Waals surface area contributed by atoms with E-state index >= 15 is 0 Å². The van der Waals surface area contributed by atoms with Gasteiger partial charge < -0.3 is 19.9 Å². The third-order valence-electron chi connectivity index (χ3n) is 3.38. The fraction of sp³-hybridized carbons (Fsp3) is 0.143. The van der Waals surface area contributed by atoms with Crippen LogP contribution in [0.2, 0.25) is 0 Å². The van der Waals surface area contributed by atoms with E-state index in [-0.39, 0.29) is 15.9 Å². The number of hydrogen-bond acceptors (Lipinski definition) is 5. The molecule has 2 N–H and O–H groups in total. The second-order valence-electron chi connectivity index (χ2n) is 4.76. The number of aromatic nitrogens is 4. The predicted molar refractivity (Wildman–Crippen MR) is 80.0 cm³/mol. The number of nitrogens with one attached hydrogen (secondary N) is 2. The highest BCUT2D eigenvalue weighted by molar-refractivity contribution is 7.71. The van der Waals surface area contributed by atoms with E-state index in [0.717, 1.165) is 5.69 Å². The molecule has 0 aliphatic rings. The average molecular weight is 315 g/mol. The van der Waals surface area contributed by atoms with E-state index in [1.54, 1.807) is 12.5 Å². The van der Waals surface area contributed by atoms with Crippen LogP contribution in [0.15, 0.2) is 35.5 Å². The lowest BCUT2D eigenvalue weighted by Crippen LogP contribution is -2.25. The highest BCUT2D eigenvalue weighted by Gasteiger charge is 2.07. The van der Waals surface area contributed by atoms with Crippen molar-refractivity contribution in [3.8, 4) is 0 Å². The molecule has 0 aliphatic heterocycles. The molecule has 0 radical (unpaired) electrons. The zero-order chi connectivity index (χ0) is 15.7. The quantitative estimate of drug-likeness (QED) is 0.677. The molecule has 0 bridgehead atoms. The first-order valence-electron chi connectivity index (χ1n) is 6.52. The molecular formula is C14H11N4O3S-. The van der Waals surface area contributed by atoms with Gasteiger partial charge >= 0.3 is 0 Å². The molecule has 2 aromatic heterocycles. The predicted octanol–water partition coefficient (Wildman–Crippen LogP) is 0.388. The summed E-state index contributed by atoms with van der Waals surface area (Å²) in [6.07, 6.45) is 3.84. The van der Waals surface area contributed by atoms with E-state index in [1.165, 1.54) is 22.8 Å². The topological polar surface area (TPSA) is 107 Å². The van der Waals surface area contributed by atoms with Gasteiger partial charge in [-0.15, -0.1) is 0 Å². The number of aromatic carboxylic acids is 1. The number of carboxylic acids is 1. The van der Waals surface area contributed by atoms with Crippen LogP contribution >= 0.6 is 12.2 Å². The number of fused-ring (bicyclic) bond motifs is 1. The molecule has 0 saturated carbocycles. The van der Waals surface area contributed by atoms with E-state index in [4.69, 9.17) is 12.2 Å². The van der Waals surface area contributed by atoms with Crippen molar-refractivity contribution in [2.75, 3.05) is 0 Å². The third-order valence-corrected chi connectivity index (χ3v) is 3.70. The number of benzene rings is 1. The Labute approximate surface area is 129 Å². The van der Waals surface area contributed by atoms with Crippen molar-refractivity contribution in [1.82, 2.24) is 19.5 Å². The number of hydrogen-bond donors (Lipinski definition) is 2. The summed E-state index contributed by atoms with van der Waals surface area (Å²) >= 11 is 5.19. The van der Waals surface area contributed by atoms with Crippen LogP contribution in [0.1, 0.15) is 16.1 Å². The van der Waals surface area contributed by atoms with Gasteiger partial charge in [-0.1, -0.05) is 6.07 Å². The van der Waals surface area contributed by atoms with Crippen LogP contribution in [-0.4, -0.2) is 25.5 Å². The molecular weight excluding hydrogens is 304 g/mol. The highest BCUT2D eigenvalue weighted by Crippen LogP contribution is 2.10. The molecule has 0 unspecified atom stereocenters. The van der Waals surface area contributed by atoms with Gasteiger partial charge in [0.25, 0.3) is 5.56 Å². The summed E-state index contributed by atoms with van der Waals surface area (Å²) in [4.78, 5) is 33.1. The van der Waals surface area contributed by atoms with E-state index in [0.29, 0.717) is 23.9 Å². The van der Waals surface area contributed by atoms with E-state index in [1.807, 2.05) is 0 Å². The molecule has 0 saturated heterocycles. The summed E-state index contributed by atoms with van der Waals surface area (Å²) < 4.78 is 1.68. The molecule has 112 valence electrons. The van der Waals surface area contributed by atoms with Gasteiger partial charge in [-0.25, -0.2) is 4.98 Å². The van der Waals surface area contributed by atoms with Gasteiger partial charge in [0, 0.05) is 24.9 Å². The Morgan fingerprint density at radius 3 is 2.91 bits per heavy atom. The lowest BCUT2D eigenvalue weighted by Gasteiger charge is -2.09. The van der Waals surface area contributed by atoms with Crippen LogP contribution in [0.5, 0.6) is 0 Å². The fourth-order valence-electron chi connectivity index (χ4n) is 2.24. The van der Waals surface area contributed by atoms with Crippen LogP contribution in [0.4, 0.5) is 0 Å². The number of aromatic amines is 2. The second kappa shape index (κ2) is 5.57. The van der Waals surface area contributed by atoms with Gasteiger partial charge in [0.05, 0.1) is 23.2 Å². The molecule has 3 rings (SSSR count). The molecule has 0 atom stereocenters. The zero-order valence-corrected chi connectivity index (χ0v) is 12.1. The van der Waals surface area contributed by atoms with E-state index in [2.05, 4.69) is 15.0 Å². The van der Waals surface area contributed by atoms with Crippen LogP contribution in [0.3, 0.4) is 0 Å². The maximum Gasteiger partial charge on any atom is 0.262 e. The molecule has 3 aromatic rings.